The first-order valence-corrected chi connectivity index (χ1v) is 7.61. The molecule has 2 aromatic heterocycles. The second-order valence-electron chi connectivity index (χ2n) is 3.73. The zero-order valence-electron chi connectivity index (χ0n) is 9.61. The summed E-state index contributed by atoms with van der Waals surface area (Å²) >= 11 is 1.52. The van der Waals surface area contributed by atoms with Gasteiger partial charge in [0.1, 0.15) is 21.3 Å². The summed E-state index contributed by atoms with van der Waals surface area (Å²) < 4.78 is 32.9. The minimum atomic E-state index is -4.20. The van der Waals surface area contributed by atoms with Gasteiger partial charge in [-0.2, -0.15) is 0 Å². The lowest BCUT2D eigenvalue weighted by Gasteiger charge is -2.02. The van der Waals surface area contributed by atoms with Gasteiger partial charge in [-0.1, -0.05) is 4.68 Å². The molecular weight excluding hydrogens is 274 g/mol. The molecule has 0 aliphatic rings. The van der Waals surface area contributed by atoms with Gasteiger partial charge in [-0.05, 0) is 12.0 Å². The molecule has 2 heterocycles. The molecule has 2 aromatic rings. The fraction of sp³-hybridized carbons (Fsp3) is 0.300. The SMILES string of the molecule is Cc1csc(-c2cc[n+](CCS(=O)(=O)[O-])nc2)n1. The van der Waals surface area contributed by atoms with Crippen LogP contribution in [0.25, 0.3) is 10.6 Å². The molecule has 0 atom stereocenters. The van der Waals surface area contributed by atoms with E-state index in [2.05, 4.69) is 10.1 Å². The molecule has 0 aliphatic heterocycles. The van der Waals surface area contributed by atoms with E-state index < -0.39 is 15.9 Å². The van der Waals surface area contributed by atoms with Crippen LogP contribution in [0.2, 0.25) is 0 Å². The van der Waals surface area contributed by atoms with Gasteiger partial charge in [-0.25, -0.2) is 13.4 Å². The van der Waals surface area contributed by atoms with Gasteiger partial charge >= 0.3 is 0 Å². The van der Waals surface area contributed by atoms with Crippen LogP contribution in [0, 0.1) is 6.92 Å². The zero-order valence-corrected chi connectivity index (χ0v) is 11.2. The Kier molecular flexibility index (Phi) is 3.69. The van der Waals surface area contributed by atoms with Crippen molar-refractivity contribution in [1.29, 1.82) is 0 Å². The Bertz CT molecular complexity index is 635. The maximum atomic E-state index is 10.5. The van der Waals surface area contributed by atoms with E-state index in [0.29, 0.717) is 0 Å². The van der Waals surface area contributed by atoms with Crippen LogP contribution in [0.3, 0.4) is 0 Å². The number of aromatic nitrogens is 3. The Hall–Kier alpha value is -1.38. The molecule has 0 N–H and O–H groups in total. The van der Waals surface area contributed by atoms with Gasteiger partial charge in [-0.15, -0.1) is 11.3 Å². The Morgan fingerprint density at radius 2 is 2.28 bits per heavy atom. The summed E-state index contributed by atoms with van der Waals surface area (Å²) in [5.41, 5.74) is 1.82. The lowest BCUT2D eigenvalue weighted by Crippen LogP contribution is -2.40. The smallest absolute Gasteiger partial charge is 0.197 e. The summed E-state index contributed by atoms with van der Waals surface area (Å²) in [5, 5.41) is 6.86. The van der Waals surface area contributed by atoms with E-state index in [1.165, 1.54) is 16.0 Å². The van der Waals surface area contributed by atoms with Crippen molar-refractivity contribution in [1.82, 2.24) is 10.1 Å². The zero-order chi connectivity index (χ0) is 13.2. The highest BCUT2D eigenvalue weighted by Gasteiger charge is 2.08. The number of rotatable bonds is 4. The number of nitrogens with zero attached hydrogens (tertiary/aromatic N) is 3. The molecule has 6 nitrogen and oxygen atoms in total. The van der Waals surface area contributed by atoms with Gasteiger partial charge in [0.25, 0.3) is 0 Å². The molecule has 0 radical (unpaired) electrons. The van der Waals surface area contributed by atoms with Crippen LogP contribution in [0.15, 0.2) is 23.8 Å². The number of thiazole rings is 1. The minimum Gasteiger partial charge on any atom is -0.748 e. The first kappa shape index (κ1) is 13.1. The number of hydrogen-bond donors (Lipinski definition) is 0. The van der Waals surface area contributed by atoms with Crippen LogP contribution in [0.1, 0.15) is 5.69 Å². The van der Waals surface area contributed by atoms with E-state index in [-0.39, 0.29) is 6.54 Å². The molecular formula is C10H11N3O3S2. The van der Waals surface area contributed by atoms with Crippen molar-refractivity contribution < 1.29 is 17.7 Å². The van der Waals surface area contributed by atoms with Gasteiger partial charge in [0.15, 0.2) is 12.7 Å². The van der Waals surface area contributed by atoms with Crippen molar-refractivity contribution in [2.75, 3.05) is 5.75 Å². The van der Waals surface area contributed by atoms with Gasteiger partial charge in [0.05, 0.1) is 5.75 Å². The molecule has 0 saturated heterocycles. The Labute approximate surface area is 109 Å². The second kappa shape index (κ2) is 5.09. The van der Waals surface area contributed by atoms with E-state index in [0.717, 1.165) is 16.3 Å². The highest BCUT2D eigenvalue weighted by Crippen LogP contribution is 2.21. The van der Waals surface area contributed by atoms with Gasteiger partial charge in [-0.3, -0.25) is 0 Å². The van der Waals surface area contributed by atoms with Crippen molar-refractivity contribution in [3.8, 4) is 10.6 Å². The molecule has 18 heavy (non-hydrogen) atoms. The molecule has 0 bridgehead atoms. The van der Waals surface area contributed by atoms with E-state index >= 15 is 0 Å². The molecule has 0 spiro atoms. The largest absolute Gasteiger partial charge is 0.748 e. The summed E-state index contributed by atoms with van der Waals surface area (Å²) in [4.78, 5) is 4.32. The fourth-order valence-corrected chi connectivity index (χ4v) is 2.53. The average molecular weight is 285 g/mol. The number of hydrogen-bond acceptors (Lipinski definition) is 6. The second-order valence-corrected chi connectivity index (χ2v) is 6.12. The van der Waals surface area contributed by atoms with Crippen LogP contribution in [-0.4, -0.2) is 28.8 Å². The monoisotopic (exact) mass is 285 g/mol. The normalized spacial score (nSPS) is 11.7. The van der Waals surface area contributed by atoms with Crippen LogP contribution >= 0.6 is 11.3 Å². The maximum Gasteiger partial charge on any atom is 0.197 e. The Balaban J connectivity index is 2.10. The van der Waals surface area contributed by atoms with E-state index in [9.17, 15) is 13.0 Å². The third kappa shape index (κ3) is 3.56. The molecule has 96 valence electrons. The molecule has 2 rings (SSSR count). The van der Waals surface area contributed by atoms with Crippen molar-refractivity contribution in [3.63, 3.8) is 0 Å². The summed E-state index contributed by atoms with van der Waals surface area (Å²) in [6.45, 7) is 1.97. The highest BCUT2D eigenvalue weighted by molar-refractivity contribution is 7.85. The standard InChI is InChI=1S/C10H11N3O3S2/c1-8-7-17-10(12-8)9-2-3-13(11-6-9)4-5-18(14,15)16/h2-3,6-7H,4-5H2,1H3. The molecule has 0 unspecified atom stereocenters. The first-order chi connectivity index (χ1) is 8.44. The average Bonchev–Trinajstić information content (AvgIpc) is 2.73. The summed E-state index contributed by atoms with van der Waals surface area (Å²) in [7, 11) is -4.20. The van der Waals surface area contributed by atoms with Crippen molar-refractivity contribution in [2.45, 2.75) is 13.5 Å². The summed E-state index contributed by atoms with van der Waals surface area (Å²) in [6, 6.07) is 1.79. The minimum absolute atomic E-state index is 0.0585. The van der Waals surface area contributed by atoms with E-state index in [1.54, 1.807) is 18.5 Å². The van der Waals surface area contributed by atoms with Crippen LogP contribution in [-0.2, 0) is 16.7 Å². The maximum absolute atomic E-state index is 10.5. The first-order valence-electron chi connectivity index (χ1n) is 5.16. The van der Waals surface area contributed by atoms with E-state index in [4.69, 9.17) is 0 Å². The topological polar surface area (TPSA) is 86.9 Å². The molecule has 0 aliphatic carbocycles. The molecule has 0 saturated carbocycles. The van der Waals surface area contributed by atoms with E-state index in [1.807, 2.05) is 12.3 Å². The van der Waals surface area contributed by atoms with Gasteiger partial charge < -0.3 is 4.55 Å². The van der Waals surface area contributed by atoms with Crippen LogP contribution < -0.4 is 4.68 Å². The lowest BCUT2D eigenvalue weighted by atomic mass is 10.3. The number of aryl methyl sites for hydroxylation is 2. The molecule has 0 fully saturated rings. The predicted octanol–water partition coefficient (Wildman–Crippen LogP) is 0.346. The summed E-state index contributed by atoms with van der Waals surface area (Å²) in [6.07, 6.45) is 3.24. The van der Waals surface area contributed by atoms with Crippen molar-refractivity contribution in [3.05, 3.63) is 29.5 Å². The molecule has 8 heteroatoms. The molecule has 0 amide bonds. The third-order valence-corrected chi connectivity index (χ3v) is 3.90. The van der Waals surface area contributed by atoms with Crippen LogP contribution in [0.4, 0.5) is 0 Å². The Morgan fingerprint density at radius 3 is 2.78 bits per heavy atom. The highest BCUT2D eigenvalue weighted by atomic mass is 32.2. The van der Waals surface area contributed by atoms with Crippen LogP contribution in [0.5, 0.6) is 0 Å². The molecule has 0 aromatic carbocycles. The Morgan fingerprint density at radius 1 is 1.50 bits per heavy atom. The van der Waals surface area contributed by atoms with Gasteiger partial charge in [0, 0.05) is 22.7 Å². The summed E-state index contributed by atoms with van der Waals surface area (Å²) in [5.74, 6) is -0.458. The lowest BCUT2D eigenvalue weighted by molar-refractivity contribution is -0.750. The van der Waals surface area contributed by atoms with Gasteiger partial charge in [0.2, 0.25) is 0 Å². The van der Waals surface area contributed by atoms with Crippen molar-refractivity contribution >= 4 is 21.5 Å². The third-order valence-electron chi connectivity index (χ3n) is 2.21. The fourth-order valence-electron chi connectivity index (χ4n) is 1.33. The quantitative estimate of drug-likeness (QED) is 0.597. The van der Waals surface area contributed by atoms with Crippen molar-refractivity contribution in [2.24, 2.45) is 0 Å². The predicted molar refractivity (Wildman–Crippen MR) is 64.8 cm³/mol.